The van der Waals surface area contributed by atoms with E-state index in [1.807, 2.05) is 12.1 Å². The summed E-state index contributed by atoms with van der Waals surface area (Å²) >= 11 is 0. The Kier molecular flexibility index (Phi) is 6.49. The molecule has 0 bridgehead atoms. The average Bonchev–Trinajstić information content (AvgIpc) is 3.31. The zero-order valence-electron chi connectivity index (χ0n) is 17.3. The van der Waals surface area contributed by atoms with Crippen molar-refractivity contribution in [1.29, 1.82) is 0 Å². The van der Waals surface area contributed by atoms with Crippen LogP contribution < -0.4 is 20.9 Å². The highest BCUT2D eigenvalue weighted by molar-refractivity contribution is 5.90. The average molecular weight is 426 g/mol. The molecule has 0 aliphatic carbocycles. The Labute approximate surface area is 180 Å². The Morgan fingerprint density at radius 3 is 2.23 bits per heavy atom. The number of amides is 4. The number of likely N-dealkylation sites (tertiary alicyclic amines) is 1. The van der Waals surface area contributed by atoms with Crippen molar-refractivity contribution in [3.05, 3.63) is 48.4 Å². The molecule has 0 atom stereocenters. The first-order chi connectivity index (χ1) is 15.1. The van der Waals surface area contributed by atoms with Gasteiger partial charge in [0.25, 0.3) is 0 Å². The molecule has 1 aromatic heterocycles. The Morgan fingerprint density at radius 2 is 1.58 bits per heavy atom. The highest BCUT2D eigenvalue weighted by Gasteiger charge is 2.24. The quantitative estimate of drug-likeness (QED) is 0.696. The first kappa shape index (κ1) is 20.9. The number of piperidine rings is 1. The molecule has 3 N–H and O–H groups in total. The van der Waals surface area contributed by atoms with Gasteiger partial charge in [-0.25, -0.2) is 19.0 Å². The molecular weight excluding hydrogens is 399 g/mol. The predicted molar refractivity (Wildman–Crippen MR) is 118 cm³/mol. The van der Waals surface area contributed by atoms with Crippen LogP contribution in [0.3, 0.4) is 0 Å². The summed E-state index contributed by atoms with van der Waals surface area (Å²) < 4.78 is 12.9. The van der Waals surface area contributed by atoms with Crippen LogP contribution in [0.1, 0.15) is 25.7 Å². The van der Waals surface area contributed by atoms with Gasteiger partial charge in [0.15, 0.2) is 0 Å². The molecule has 31 heavy (non-hydrogen) atoms. The Hall–Kier alpha value is -3.36. The third-order valence-electron chi connectivity index (χ3n) is 5.65. The van der Waals surface area contributed by atoms with Crippen LogP contribution in [-0.4, -0.2) is 54.2 Å². The normalized spacial score (nSPS) is 16.8. The van der Waals surface area contributed by atoms with Crippen LogP contribution in [0.25, 0.3) is 0 Å². The van der Waals surface area contributed by atoms with Crippen molar-refractivity contribution in [3.8, 4) is 0 Å². The monoisotopic (exact) mass is 426 g/mol. The molecule has 0 spiro atoms. The SMILES string of the molecule is O=C(Nc1ccc(F)cc1)NC1CCN(C(=O)Nc2ccc(N3CCCC3)nc2)CC1. The van der Waals surface area contributed by atoms with Crippen molar-refractivity contribution < 1.29 is 14.0 Å². The summed E-state index contributed by atoms with van der Waals surface area (Å²) in [6.45, 7) is 3.16. The number of anilines is 3. The van der Waals surface area contributed by atoms with Crippen molar-refractivity contribution in [3.63, 3.8) is 0 Å². The summed E-state index contributed by atoms with van der Waals surface area (Å²) in [5, 5.41) is 8.49. The van der Waals surface area contributed by atoms with Crippen LogP contribution in [0, 0.1) is 5.82 Å². The van der Waals surface area contributed by atoms with Gasteiger partial charge in [0, 0.05) is 37.9 Å². The van der Waals surface area contributed by atoms with E-state index >= 15 is 0 Å². The highest BCUT2D eigenvalue weighted by atomic mass is 19.1. The molecule has 164 valence electrons. The van der Waals surface area contributed by atoms with Gasteiger partial charge >= 0.3 is 12.1 Å². The van der Waals surface area contributed by atoms with E-state index in [1.54, 1.807) is 11.1 Å². The minimum Gasteiger partial charge on any atom is -0.357 e. The molecule has 2 aliphatic heterocycles. The molecule has 9 heteroatoms. The molecule has 0 unspecified atom stereocenters. The van der Waals surface area contributed by atoms with Crippen LogP contribution in [0.2, 0.25) is 0 Å². The van der Waals surface area contributed by atoms with Crippen molar-refractivity contribution in [2.75, 3.05) is 41.7 Å². The maximum Gasteiger partial charge on any atom is 0.321 e. The summed E-state index contributed by atoms with van der Waals surface area (Å²) in [5.74, 6) is 0.594. The largest absolute Gasteiger partial charge is 0.357 e. The number of benzene rings is 1. The highest BCUT2D eigenvalue weighted by Crippen LogP contribution is 2.20. The second-order valence-electron chi connectivity index (χ2n) is 7.90. The minimum atomic E-state index is -0.352. The Balaban J connectivity index is 1.20. The molecule has 2 aromatic rings. The van der Waals surface area contributed by atoms with Gasteiger partial charge in [-0.15, -0.1) is 0 Å². The van der Waals surface area contributed by atoms with Crippen LogP contribution in [0.4, 0.5) is 31.2 Å². The lowest BCUT2D eigenvalue weighted by atomic mass is 10.1. The van der Waals surface area contributed by atoms with Crippen molar-refractivity contribution in [2.45, 2.75) is 31.7 Å². The fraction of sp³-hybridized carbons (Fsp3) is 0.409. The van der Waals surface area contributed by atoms with Crippen LogP contribution in [0.5, 0.6) is 0 Å². The summed E-state index contributed by atoms with van der Waals surface area (Å²) in [5.41, 5.74) is 1.20. The summed E-state index contributed by atoms with van der Waals surface area (Å²) in [6, 6.07) is 8.91. The van der Waals surface area contributed by atoms with Gasteiger partial charge in [-0.3, -0.25) is 0 Å². The van der Waals surface area contributed by atoms with Gasteiger partial charge in [0.1, 0.15) is 11.6 Å². The fourth-order valence-electron chi connectivity index (χ4n) is 3.91. The van der Waals surface area contributed by atoms with E-state index in [0.29, 0.717) is 37.3 Å². The summed E-state index contributed by atoms with van der Waals surface area (Å²) in [6.07, 6.45) is 5.41. The van der Waals surface area contributed by atoms with E-state index < -0.39 is 0 Å². The molecule has 1 aromatic carbocycles. The lowest BCUT2D eigenvalue weighted by Gasteiger charge is -2.32. The zero-order valence-corrected chi connectivity index (χ0v) is 17.3. The summed E-state index contributed by atoms with van der Waals surface area (Å²) in [7, 11) is 0. The van der Waals surface area contributed by atoms with Gasteiger partial charge in [0.2, 0.25) is 0 Å². The summed E-state index contributed by atoms with van der Waals surface area (Å²) in [4.78, 5) is 33.1. The second-order valence-corrected chi connectivity index (χ2v) is 7.90. The molecule has 0 radical (unpaired) electrons. The number of nitrogens with one attached hydrogen (secondary N) is 3. The van der Waals surface area contributed by atoms with E-state index in [4.69, 9.17) is 0 Å². The van der Waals surface area contributed by atoms with Gasteiger partial charge in [-0.2, -0.15) is 0 Å². The number of carbonyl (C=O) groups excluding carboxylic acids is 2. The molecular formula is C22H27FN6O2. The van der Waals surface area contributed by atoms with Crippen LogP contribution in [0.15, 0.2) is 42.6 Å². The smallest absolute Gasteiger partial charge is 0.321 e. The predicted octanol–water partition coefficient (Wildman–Crippen LogP) is 3.64. The maximum absolute atomic E-state index is 12.9. The number of urea groups is 2. The van der Waals surface area contributed by atoms with Crippen molar-refractivity contribution in [1.82, 2.24) is 15.2 Å². The Bertz CT molecular complexity index is 891. The van der Waals surface area contributed by atoms with E-state index in [-0.39, 0.29) is 23.9 Å². The lowest BCUT2D eigenvalue weighted by molar-refractivity contribution is 0.189. The number of halogens is 1. The molecule has 4 amide bonds. The topological polar surface area (TPSA) is 89.6 Å². The number of hydrogen-bond acceptors (Lipinski definition) is 4. The fourth-order valence-corrected chi connectivity index (χ4v) is 3.91. The lowest BCUT2D eigenvalue weighted by Crippen LogP contribution is -2.48. The van der Waals surface area contributed by atoms with E-state index in [9.17, 15) is 14.0 Å². The first-order valence-electron chi connectivity index (χ1n) is 10.7. The molecule has 0 saturated carbocycles. The number of carbonyl (C=O) groups is 2. The van der Waals surface area contributed by atoms with Gasteiger partial charge < -0.3 is 25.8 Å². The Morgan fingerprint density at radius 1 is 0.903 bits per heavy atom. The second kappa shape index (κ2) is 9.63. The van der Waals surface area contributed by atoms with E-state index in [1.165, 1.54) is 37.1 Å². The molecule has 4 rings (SSSR count). The number of nitrogens with zero attached hydrogens (tertiary/aromatic N) is 3. The van der Waals surface area contributed by atoms with Crippen LogP contribution >= 0.6 is 0 Å². The van der Waals surface area contributed by atoms with Gasteiger partial charge in [0.05, 0.1) is 11.9 Å². The molecule has 8 nitrogen and oxygen atoms in total. The van der Waals surface area contributed by atoms with Gasteiger partial charge in [-0.05, 0) is 62.1 Å². The number of aromatic nitrogens is 1. The minimum absolute atomic E-state index is 0.0223. The number of pyridine rings is 1. The number of hydrogen-bond donors (Lipinski definition) is 3. The standard InChI is InChI=1S/C22H27FN6O2/c23-16-3-5-17(6-4-16)25-21(30)26-18-9-13-29(14-10-18)22(31)27-19-7-8-20(24-15-19)28-11-1-2-12-28/h3-8,15,18H,1-2,9-14H2,(H,27,31)(H2,25,26,30). The van der Waals surface area contributed by atoms with E-state index in [0.717, 1.165) is 18.9 Å². The van der Waals surface area contributed by atoms with Gasteiger partial charge in [-0.1, -0.05) is 0 Å². The molecule has 3 heterocycles. The zero-order chi connectivity index (χ0) is 21.6. The first-order valence-corrected chi connectivity index (χ1v) is 10.7. The maximum atomic E-state index is 12.9. The third kappa shape index (κ3) is 5.62. The van der Waals surface area contributed by atoms with Crippen molar-refractivity contribution in [2.24, 2.45) is 0 Å². The van der Waals surface area contributed by atoms with Crippen LogP contribution in [-0.2, 0) is 0 Å². The third-order valence-corrected chi connectivity index (χ3v) is 5.65. The molecule has 2 fully saturated rings. The van der Waals surface area contributed by atoms with Crippen molar-refractivity contribution >= 4 is 29.3 Å². The molecule has 2 aliphatic rings. The molecule has 2 saturated heterocycles. The number of rotatable bonds is 4. The van der Waals surface area contributed by atoms with E-state index in [2.05, 4.69) is 25.8 Å².